The van der Waals surface area contributed by atoms with Gasteiger partial charge in [0.1, 0.15) is 12.8 Å². The first-order valence-corrected chi connectivity index (χ1v) is 5.92. The lowest BCUT2D eigenvalue weighted by atomic mass is 10.3. The number of furan rings is 1. The van der Waals surface area contributed by atoms with E-state index in [0.29, 0.717) is 18.3 Å². The van der Waals surface area contributed by atoms with Crippen LogP contribution in [-0.2, 0) is 6.54 Å². The van der Waals surface area contributed by atoms with Gasteiger partial charge in [0.05, 0.1) is 21.6 Å². The maximum Gasteiger partial charge on any atom is 0.261 e. The Morgan fingerprint density at radius 1 is 1.41 bits per heavy atom. The molecule has 3 aromatic rings. The van der Waals surface area contributed by atoms with Gasteiger partial charge in [-0.15, -0.1) is 0 Å². The van der Waals surface area contributed by atoms with Crippen LogP contribution in [0.3, 0.4) is 0 Å². The zero-order valence-corrected chi connectivity index (χ0v) is 10.7. The fraction of sp³-hybridized carbons (Fsp3) is 0.100. The Morgan fingerprint density at radius 2 is 2.35 bits per heavy atom. The fourth-order valence-corrected chi connectivity index (χ4v) is 1.84. The highest BCUT2D eigenvalue weighted by molar-refractivity contribution is 14.1. The van der Waals surface area contributed by atoms with Crippen LogP contribution >= 0.6 is 22.6 Å². The van der Waals surface area contributed by atoms with E-state index in [-0.39, 0.29) is 0 Å². The second kappa shape index (κ2) is 4.32. The highest BCUT2D eigenvalue weighted by Gasteiger charge is 2.10. The van der Waals surface area contributed by atoms with Gasteiger partial charge < -0.3 is 8.94 Å². The average molecular weight is 342 g/mol. The molecule has 3 rings (SSSR count). The topological polar surface area (TPSA) is 69.9 Å². The Balaban J connectivity index is 1.81. The monoisotopic (exact) mass is 342 g/mol. The molecule has 0 amide bonds. The van der Waals surface area contributed by atoms with Gasteiger partial charge in [0.2, 0.25) is 0 Å². The van der Waals surface area contributed by atoms with Crippen molar-refractivity contribution in [2.24, 2.45) is 0 Å². The Hall–Kier alpha value is -1.64. The summed E-state index contributed by atoms with van der Waals surface area (Å²) in [5.41, 5.74) is 0.777. The first kappa shape index (κ1) is 10.5. The van der Waals surface area contributed by atoms with Crippen molar-refractivity contribution >= 4 is 22.6 Å². The van der Waals surface area contributed by atoms with Crippen LogP contribution in [0, 0.1) is 3.57 Å². The third-order valence-electron chi connectivity index (χ3n) is 2.14. The number of hydrogen-bond acceptors (Lipinski definition) is 5. The molecule has 0 aliphatic carbocycles. The van der Waals surface area contributed by atoms with E-state index in [1.807, 2.05) is 6.20 Å². The maximum atomic E-state index is 5.12. The molecule has 3 aromatic heterocycles. The van der Waals surface area contributed by atoms with E-state index < -0.39 is 0 Å². The average Bonchev–Trinajstić information content (AvgIpc) is 3.00. The molecule has 0 atom stereocenters. The van der Waals surface area contributed by atoms with Crippen LogP contribution in [0.1, 0.15) is 5.82 Å². The molecule has 0 fully saturated rings. The lowest BCUT2D eigenvalue weighted by Gasteiger charge is -1.93. The van der Waals surface area contributed by atoms with Crippen molar-refractivity contribution in [2.45, 2.75) is 6.54 Å². The van der Waals surface area contributed by atoms with E-state index in [1.165, 1.54) is 0 Å². The third-order valence-corrected chi connectivity index (χ3v) is 2.70. The van der Waals surface area contributed by atoms with Crippen molar-refractivity contribution in [2.75, 3.05) is 0 Å². The van der Waals surface area contributed by atoms with Crippen LogP contribution in [0.4, 0.5) is 0 Å². The van der Waals surface area contributed by atoms with E-state index in [2.05, 4.69) is 37.8 Å². The standard InChI is InChI=1S/C10H7IN4O2/c11-8-3-12-15(4-8)5-9-13-10(17-14-9)7-1-2-16-6-7/h1-4,6H,5H2. The van der Waals surface area contributed by atoms with Crippen molar-refractivity contribution in [3.8, 4) is 11.5 Å². The minimum absolute atomic E-state index is 0.454. The Kier molecular flexibility index (Phi) is 2.67. The Morgan fingerprint density at radius 3 is 3.06 bits per heavy atom. The van der Waals surface area contributed by atoms with E-state index in [9.17, 15) is 0 Å². The number of rotatable bonds is 3. The summed E-state index contributed by atoms with van der Waals surface area (Å²) in [6.07, 6.45) is 6.81. The van der Waals surface area contributed by atoms with Crippen molar-refractivity contribution in [1.82, 2.24) is 19.9 Å². The van der Waals surface area contributed by atoms with Crippen molar-refractivity contribution < 1.29 is 8.94 Å². The molecule has 0 aliphatic rings. The van der Waals surface area contributed by atoms with E-state index >= 15 is 0 Å². The summed E-state index contributed by atoms with van der Waals surface area (Å²) < 4.78 is 12.9. The van der Waals surface area contributed by atoms with Gasteiger partial charge in [-0.05, 0) is 28.7 Å². The van der Waals surface area contributed by atoms with E-state index in [1.54, 1.807) is 29.5 Å². The molecule has 86 valence electrons. The lowest BCUT2D eigenvalue weighted by molar-refractivity contribution is 0.418. The zero-order valence-electron chi connectivity index (χ0n) is 8.58. The fourth-order valence-electron chi connectivity index (χ4n) is 1.39. The van der Waals surface area contributed by atoms with Crippen molar-refractivity contribution in [3.63, 3.8) is 0 Å². The Bertz CT molecular complexity index is 614. The smallest absolute Gasteiger partial charge is 0.261 e. The molecule has 6 nitrogen and oxygen atoms in total. The van der Waals surface area contributed by atoms with E-state index in [0.717, 1.165) is 9.13 Å². The molecule has 0 saturated heterocycles. The molecular weight excluding hydrogens is 335 g/mol. The normalized spacial score (nSPS) is 10.9. The molecule has 3 heterocycles. The third kappa shape index (κ3) is 2.23. The van der Waals surface area contributed by atoms with Gasteiger partial charge in [-0.2, -0.15) is 10.1 Å². The van der Waals surface area contributed by atoms with Crippen LogP contribution in [0.15, 0.2) is 39.9 Å². The molecule has 0 spiro atoms. The SMILES string of the molecule is Ic1cnn(Cc2noc(-c3ccoc3)n2)c1. The second-order valence-corrected chi connectivity index (χ2v) is 4.63. The molecule has 0 radical (unpaired) electrons. The van der Waals surface area contributed by atoms with Crippen LogP contribution in [0.5, 0.6) is 0 Å². The second-order valence-electron chi connectivity index (χ2n) is 3.38. The summed E-state index contributed by atoms with van der Waals surface area (Å²) in [5, 5.41) is 8.04. The molecular formula is C10H7IN4O2. The summed E-state index contributed by atoms with van der Waals surface area (Å²) in [6.45, 7) is 0.490. The molecule has 7 heteroatoms. The van der Waals surface area contributed by atoms with Gasteiger partial charge in [0.25, 0.3) is 5.89 Å². The molecule has 0 saturated carbocycles. The first-order chi connectivity index (χ1) is 8.31. The van der Waals surface area contributed by atoms with Crippen molar-refractivity contribution in [1.29, 1.82) is 0 Å². The molecule has 0 bridgehead atoms. The predicted octanol–water partition coefficient (Wildman–Crippen LogP) is 2.18. The van der Waals surface area contributed by atoms with Gasteiger partial charge in [0.15, 0.2) is 5.82 Å². The van der Waals surface area contributed by atoms with Crippen LogP contribution < -0.4 is 0 Å². The van der Waals surface area contributed by atoms with Crippen LogP contribution in [0.2, 0.25) is 0 Å². The summed E-state index contributed by atoms with van der Waals surface area (Å²) in [4.78, 5) is 4.26. The first-order valence-electron chi connectivity index (χ1n) is 4.84. The summed E-state index contributed by atoms with van der Waals surface area (Å²) in [5.74, 6) is 1.04. The molecule has 0 aliphatic heterocycles. The lowest BCUT2D eigenvalue weighted by Crippen LogP contribution is -2.01. The molecule has 0 unspecified atom stereocenters. The summed E-state index contributed by atoms with van der Waals surface area (Å²) in [7, 11) is 0. The van der Waals surface area contributed by atoms with Crippen LogP contribution in [0.25, 0.3) is 11.5 Å². The predicted molar refractivity (Wildman–Crippen MR) is 66.0 cm³/mol. The maximum absolute atomic E-state index is 5.12. The highest BCUT2D eigenvalue weighted by atomic mass is 127. The number of aromatic nitrogens is 4. The molecule has 17 heavy (non-hydrogen) atoms. The van der Waals surface area contributed by atoms with Gasteiger partial charge >= 0.3 is 0 Å². The summed E-state index contributed by atoms with van der Waals surface area (Å²) >= 11 is 2.20. The molecule has 0 aromatic carbocycles. The number of halogens is 1. The number of hydrogen-bond donors (Lipinski definition) is 0. The highest BCUT2D eigenvalue weighted by Crippen LogP contribution is 2.17. The van der Waals surface area contributed by atoms with Gasteiger partial charge in [-0.1, -0.05) is 5.16 Å². The largest absolute Gasteiger partial charge is 0.472 e. The number of nitrogens with zero attached hydrogens (tertiary/aromatic N) is 4. The quantitative estimate of drug-likeness (QED) is 0.683. The minimum Gasteiger partial charge on any atom is -0.472 e. The van der Waals surface area contributed by atoms with Crippen molar-refractivity contribution in [3.05, 3.63) is 40.4 Å². The van der Waals surface area contributed by atoms with E-state index in [4.69, 9.17) is 8.94 Å². The Labute approximate surface area is 110 Å². The molecule has 0 N–H and O–H groups in total. The zero-order chi connectivity index (χ0) is 11.7. The van der Waals surface area contributed by atoms with Crippen LogP contribution in [-0.4, -0.2) is 19.9 Å². The minimum atomic E-state index is 0.454. The van der Waals surface area contributed by atoms with Gasteiger partial charge in [-0.25, -0.2) is 0 Å². The van der Waals surface area contributed by atoms with Gasteiger partial charge in [-0.3, -0.25) is 4.68 Å². The van der Waals surface area contributed by atoms with Gasteiger partial charge in [0, 0.05) is 6.20 Å². The summed E-state index contributed by atoms with van der Waals surface area (Å²) in [6, 6.07) is 1.77.